The summed E-state index contributed by atoms with van der Waals surface area (Å²) >= 11 is 1.51. The average molecular weight is 460 g/mol. The third-order valence-corrected chi connectivity index (χ3v) is 7.12. The Bertz CT molecular complexity index is 1450. The highest BCUT2D eigenvalue weighted by molar-refractivity contribution is 7.92. The third-order valence-electron chi connectivity index (χ3n) is 4.67. The van der Waals surface area contributed by atoms with Crippen molar-refractivity contribution >= 4 is 37.3 Å². The van der Waals surface area contributed by atoms with E-state index in [-0.39, 0.29) is 4.90 Å². The van der Waals surface area contributed by atoms with Gasteiger partial charge >= 0.3 is 0 Å². The van der Waals surface area contributed by atoms with Crippen LogP contribution in [0.5, 0.6) is 11.5 Å². The molecule has 1 N–H and O–H groups in total. The Morgan fingerprint density at radius 1 is 0.844 bits per heavy atom. The zero-order chi connectivity index (χ0) is 22.0. The van der Waals surface area contributed by atoms with Gasteiger partial charge in [0.05, 0.1) is 15.1 Å². The lowest BCUT2D eigenvalue weighted by Crippen LogP contribution is -2.12. The molecule has 0 aliphatic heterocycles. The van der Waals surface area contributed by atoms with E-state index in [4.69, 9.17) is 4.74 Å². The number of hydrogen-bond acceptors (Lipinski definition) is 6. The number of aromatic nitrogens is 2. The number of sulfonamides is 1. The Kier molecular flexibility index (Phi) is 5.30. The highest BCUT2D eigenvalue weighted by Crippen LogP contribution is 2.31. The summed E-state index contributed by atoms with van der Waals surface area (Å²) in [5.74, 6) is 1.24. The van der Waals surface area contributed by atoms with Crippen molar-refractivity contribution in [2.24, 2.45) is 0 Å². The molecule has 0 bridgehead atoms. The van der Waals surface area contributed by atoms with Crippen LogP contribution in [0.1, 0.15) is 0 Å². The Hall–Kier alpha value is -3.75. The molecule has 0 saturated carbocycles. The largest absolute Gasteiger partial charge is 0.457 e. The van der Waals surface area contributed by atoms with Crippen LogP contribution in [0.3, 0.4) is 0 Å². The first-order valence-corrected chi connectivity index (χ1v) is 12.0. The number of pyridine rings is 1. The number of thiazole rings is 1. The molecular weight excluding hydrogens is 442 g/mol. The first-order valence-electron chi connectivity index (χ1n) is 9.74. The van der Waals surface area contributed by atoms with Crippen LogP contribution >= 0.6 is 11.3 Å². The molecule has 5 aromatic rings. The van der Waals surface area contributed by atoms with E-state index in [1.165, 1.54) is 23.5 Å². The van der Waals surface area contributed by atoms with Crippen molar-refractivity contribution in [2.75, 3.05) is 4.72 Å². The average Bonchev–Trinajstić information content (AvgIpc) is 3.25. The first-order chi connectivity index (χ1) is 15.6. The van der Waals surface area contributed by atoms with Gasteiger partial charge in [-0.25, -0.2) is 13.4 Å². The van der Waals surface area contributed by atoms with Gasteiger partial charge in [0.1, 0.15) is 16.5 Å². The molecule has 2 aromatic heterocycles. The van der Waals surface area contributed by atoms with E-state index >= 15 is 0 Å². The van der Waals surface area contributed by atoms with E-state index in [2.05, 4.69) is 14.7 Å². The van der Waals surface area contributed by atoms with E-state index in [0.29, 0.717) is 17.2 Å². The van der Waals surface area contributed by atoms with Gasteiger partial charge in [0.25, 0.3) is 10.0 Å². The summed E-state index contributed by atoms with van der Waals surface area (Å²) in [4.78, 5) is 8.88. The smallest absolute Gasteiger partial charge is 0.261 e. The molecule has 0 aliphatic rings. The number of nitrogens with zero attached hydrogens (tertiary/aromatic N) is 2. The lowest BCUT2D eigenvalue weighted by Gasteiger charge is -2.10. The molecule has 0 unspecified atom stereocenters. The molecule has 32 heavy (non-hydrogen) atoms. The van der Waals surface area contributed by atoms with Crippen LogP contribution in [0, 0.1) is 0 Å². The predicted molar refractivity (Wildman–Crippen MR) is 127 cm³/mol. The number of anilines is 1. The van der Waals surface area contributed by atoms with Crippen LogP contribution in [0.4, 0.5) is 5.69 Å². The molecule has 6 nitrogen and oxygen atoms in total. The maximum atomic E-state index is 12.9. The fraction of sp³-hybridized carbons (Fsp3) is 0. The second-order valence-electron chi connectivity index (χ2n) is 6.94. The van der Waals surface area contributed by atoms with E-state index in [0.717, 1.165) is 20.8 Å². The number of para-hydroxylation sites is 1. The molecular formula is C24H17N3O3S2. The Morgan fingerprint density at radius 2 is 1.62 bits per heavy atom. The fourth-order valence-electron chi connectivity index (χ4n) is 3.14. The summed E-state index contributed by atoms with van der Waals surface area (Å²) in [6.45, 7) is 0. The number of fused-ring (bicyclic) bond motifs is 1. The van der Waals surface area contributed by atoms with E-state index in [9.17, 15) is 8.42 Å². The zero-order valence-electron chi connectivity index (χ0n) is 16.7. The lowest BCUT2D eigenvalue weighted by atomic mass is 10.2. The summed E-state index contributed by atoms with van der Waals surface area (Å²) in [5.41, 5.74) is 2.16. The Labute approximate surface area is 189 Å². The minimum Gasteiger partial charge on any atom is -0.457 e. The van der Waals surface area contributed by atoms with Crippen molar-refractivity contribution in [3.63, 3.8) is 0 Å². The van der Waals surface area contributed by atoms with Gasteiger partial charge in [-0.15, -0.1) is 11.3 Å². The van der Waals surface area contributed by atoms with Crippen LogP contribution in [-0.2, 0) is 10.0 Å². The summed E-state index contributed by atoms with van der Waals surface area (Å²) < 4.78 is 35.1. The molecule has 0 atom stereocenters. The second-order valence-corrected chi connectivity index (χ2v) is 9.65. The molecule has 5 rings (SSSR count). The minimum absolute atomic E-state index is 0.148. The number of hydrogen-bond donors (Lipinski definition) is 1. The molecule has 158 valence electrons. The molecule has 2 heterocycles. The molecule has 0 radical (unpaired) electrons. The predicted octanol–water partition coefficient (Wildman–Crippen LogP) is 5.95. The normalized spacial score (nSPS) is 11.4. The highest BCUT2D eigenvalue weighted by atomic mass is 32.2. The number of rotatable bonds is 6. The zero-order valence-corrected chi connectivity index (χ0v) is 18.3. The van der Waals surface area contributed by atoms with Gasteiger partial charge in [-0.2, -0.15) is 0 Å². The van der Waals surface area contributed by atoms with E-state index in [1.807, 2.05) is 42.5 Å². The minimum atomic E-state index is -3.76. The van der Waals surface area contributed by atoms with Crippen molar-refractivity contribution in [3.8, 4) is 22.1 Å². The standard InChI is InChI=1S/C24H17N3O3S2/c28-32(29,21-11-9-20(10-12-21)30-19-7-2-1-3-8-19)27-18-6-4-5-17(15-18)24-26-22-13-14-25-16-23(22)31-24/h1-16,27H. The monoisotopic (exact) mass is 459 g/mol. The van der Waals surface area contributed by atoms with Gasteiger partial charge in [0, 0.05) is 23.6 Å². The lowest BCUT2D eigenvalue weighted by molar-refractivity contribution is 0.482. The van der Waals surface area contributed by atoms with Crippen LogP contribution in [0.2, 0.25) is 0 Å². The van der Waals surface area contributed by atoms with Gasteiger partial charge in [-0.1, -0.05) is 30.3 Å². The van der Waals surface area contributed by atoms with Gasteiger partial charge in [-0.3, -0.25) is 9.71 Å². The van der Waals surface area contributed by atoms with Gasteiger partial charge in [0.15, 0.2) is 0 Å². The second kappa shape index (κ2) is 8.41. The summed E-state index contributed by atoms with van der Waals surface area (Å²) in [6.07, 6.45) is 3.47. The topological polar surface area (TPSA) is 81.2 Å². The van der Waals surface area contributed by atoms with Crippen molar-refractivity contribution in [1.29, 1.82) is 0 Å². The molecule has 0 fully saturated rings. The summed E-state index contributed by atoms with van der Waals surface area (Å²) in [5, 5.41) is 0.802. The fourth-order valence-corrected chi connectivity index (χ4v) is 5.12. The third kappa shape index (κ3) is 4.32. The Balaban J connectivity index is 1.35. The molecule has 0 amide bonds. The van der Waals surface area contributed by atoms with E-state index < -0.39 is 10.0 Å². The maximum absolute atomic E-state index is 12.9. The number of nitrogens with one attached hydrogen (secondary N) is 1. The van der Waals surface area contributed by atoms with Crippen LogP contribution in [0.15, 0.2) is 102 Å². The van der Waals surface area contributed by atoms with Crippen molar-refractivity contribution < 1.29 is 13.2 Å². The van der Waals surface area contributed by atoms with Gasteiger partial charge < -0.3 is 4.74 Å². The van der Waals surface area contributed by atoms with Crippen molar-refractivity contribution in [1.82, 2.24) is 9.97 Å². The molecule has 0 aliphatic carbocycles. The van der Waals surface area contributed by atoms with E-state index in [1.54, 1.807) is 42.7 Å². The molecule has 0 spiro atoms. The van der Waals surface area contributed by atoms with Crippen LogP contribution < -0.4 is 9.46 Å². The number of benzene rings is 3. The Morgan fingerprint density at radius 3 is 2.41 bits per heavy atom. The first kappa shape index (κ1) is 20.2. The van der Waals surface area contributed by atoms with Crippen LogP contribution in [0.25, 0.3) is 20.8 Å². The van der Waals surface area contributed by atoms with Crippen molar-refractivity contribution in [2.45, 2.75) is 4.90 Å². The van der Waals surface area contributed by atoms with Gasteiger partial charge in [-0.05, 0) is 54.6 Å². The molecule has 3 aromatic carbocycles. The van der Waals surface area contributed by atoms with Crippen LogP contribution in [-0.4, -0.2) is 18.4 Å². The maximum Gasteiger partial charge on any atom is 0.261 e. The number of ether oxygens (including phenoxy) is 1. The van der Waals surface area contributed by atoms with Crippen molar-refractivity contribution in [3.05, 3.63) is 97.3 Å². The highest BCUT2D eigenvalue weighted by Gasteiger charge is 2.15. The summed E-state index contributed by atoms with van der Waals surface area (Å²) in [7, 11) is -3.76. The summed E-state index contributed by atoms with van der Waals surface area (Å²) in [6, 6.07) is 24.7. The van der Waals surface area contributed by atoms with Gasteiger partial charge in [0.2, 0.25) is 0 Å². The molecule has 8 heteroatoms. The SMILES string of the molecule is O=S(=O)(Nc1cccc(-c2nc3ccncc3s2)c1)c1ccc(Oc2ccccc2)cc1. The quantitative estimate of drug-likeness (QED) is 0.339. The molecule has 0 saturated heterocycles.